The summed E-state index contributed by atoms with van der Waals surface area (Å²) in [7, 11) is 0. The van der Waals surface area contributed by atoms with E-state index < -0.39 is 0 Å². The number of hydrogen-bond acceptors (Lipinski definition) is 3. The van der Waals surface area contributed by atoms with Crippen molar-refractivity contribution >= 4 is 11.6 Å². The molecule has 0 fully saturated rings. The molecule has 0 bridgehead atoms. The van der Waals surface area contributed by atoms with E-state index in [1.165, 1.54) is 0 Å². The van der Waals surface area contributed by atoms with E-state index in [0.29, 0.717) is 19.1 Å². The van der Waals surface area contributed by atoms with Crippen LogP contribution in [0.15, 0.2) is 24.3 Å². The lowest BCUT2D eigenvalue weighted by molar-refractivity contribution is -0.125. The van der Waals surface area contributed by atoms with Crippen LogP contribution in [0, 0.1) is 5.92 Å². The van der Waals surface area contributed by atoms with Gasteiger partial charge in [0.15, 0.2) is 0 Å². The fourth-order valence-electron chi connectivity index (χ4n) is 1.48. The van der Waals surface area contributed by atoms with Crippen molar-refractivity contribution in [2.24, 2.45) is 5.92 Å². The van der Waals surface area contributed by atoms with Gasteiger partial charge in [0.1, 0.15) is 6.61 Å². The zero-order chi connectivity index (χ0) is 13.4. The lowest BCUT2D eigenvalue weighted by Gasteiger charge is -2.09. The fourth-order valence-corrected chi connectivity index (χ4v) is 1.48. The van der Waals surface area contributed by atoms with Crippen molar-refractivity contribution in [2.75, 3.05) is 25.5 Å². The number of hydrogen-bond donors (Lipinski definition) is 2. The summed E-state index contributed by atoms with van der Waals surface area (Å²) in [6, 6.07) is 7.68. The Morgan fingerprint density at radius 1 is 1.39 bits per heavy atom. The zero-order valence-electron chi connectivity index (χ0n) is 11.1. The fraction of sp³-hybridized carbons (Fsp3) is 0.500. The molecule has 0 saturated heterocycles. The van der Waals surface area contributed by atoms with E-state index in [4.69, 9.17) is 10.5 Å². The van der Waals surface area contributed by atoms with Crippen LogP contribution >= 0.6 is 0 Å². The number of rotatable bonds is 7. The highest BCUT2D eigenvalue weighted by Gasteiger charge is 2.03. The Morgan fingerprint density at radius 2 is 2.11 bits per heavy atom. The van der Waals surface area contributed by atoms with Crippen LogP contribution in [-0.4, -0.2) is 25.7 Å². The van der Waals surface area contributed by atoms with E-state index in [9.17, 15) is 4.79 Å². The van der Waals surface area contributed by atoms with Gasteiger partial charge in [0.2, 0.25) is 5.91 Å². The van der Waals surface area contributed by atoms with Gasteiger partial charge in [-0.2, -0.15) is 0 Å². The van der Waals surface area contributed by atoms with Gasteiger partial charge in [-0.25, -0.2) is 0 Å². The summed E-state index contributed by atoms with van der Waals surface area (Å²) < 4.78 is 5.32. The summed E-state index contributed by atoms with van der Waals surface area (Å²) in [5.41, 5.74) is 7.63. The normalized spacial score (nSPS) is 10.6. The maximum absolute atomic E-state index is 11.4. The molecule has 1 aromatic carbocycles. The number of carbonyl (C=O) groups is 1. The minimum absolute atomic E-state index is 0.0651. The number of nitrogen functional groups attached to an aromatic ring is 1. The number of amides is 1. The monoisotopic (exact) mass is 250 g/mol. The minimum atomic E-state index is -0.0651. The van der Waals surface area contributed by atoms with Crippen molar-refractivity contribution in [1.29, 1.82) is 0 Å². The van der Waals surface area contributed by atoms with E-state index in [-0.39, 0.29) is 12.5 Å². The molecule has 3 N–H and O–H groups in total. The second kappa shape index (κ2) is 7.71. The van der Waals surface area contributed by atoms with Crippen LogP contribution in [0.3, 0.4) is 0 Å². The van der Waals surface area contributed by atoms with Crippen LogP contribution in [0.5, 0.6) is 0 Å². The Hall–Kier alpha value is -1.55. The molecule has 0 aliphatic heterocycles. The average molecular weight is 250 g/mol. The van der Waals surface area contributed by atoms with Gasteiger partial charge in [-0.15, -0.1) is 0 Å². The van der Waals surface area contributed by atoms with Gasteiger partial charge in [-0.1, -0.05) is 32.0 Å². The molecule has 0 spiro atoms. The molecule has 0 aliphatic carbocycles. The van der Waals surface area contributed by atoms with Gasteiger partial charge in [0, 0.05) is 12.2 Å². The Labute approximate surface area is 109 Å². The van der Waals surface area contributed by atoms with Crippen LogP contribution in [0.2, 0.25) is 0 Å². The first kappa shape index (κ1) is 14.5. The third-order valence-corrected chi connectivity index (χ3v) is 2.51. The lowest BCUT2D eigenvalue weighted by Crippen LogP contribution is -2.31. The summed E-state index contributed by atoms with van der Waals surface area (Å²) in [5, 5.41) is 2.80. The van der Waals surface area contributed by atoms with Gasteiger partial charge >= 0.3 is 0 Å². The van der Waals surface area contributed by atoms with Gasteiger partial charge in [-0.05, 0) is 24.0 Å². The first-order valence-corrected chi connectivity index (χ1v) is 6.27. The Morgan fingerprint density at radius 3 is 2.78 bits per heavy atom. The third kappa shape index (κ3) is 5.68. The van der Waals surface area contributed by atoms with Crippen LogP contribution < -0.4 is 11.1 Å². The SMILES string of the molecule is CC(C)CNC(=O)COCCc1ccccc1N. The molecule has 1 aromatic rings. The van der Waals surface area contributed by atoms with Crippen molar-refractivity contribution in [2.45, 2.75) is 20.3 Å². The number of para-hydroxylation sites is 1. The van der Waals surface area contributed by atoms with Gasteiger partial charge in [0.25, 0.3) is 0 Å². The summed E-state index contributed by atoms with van der Waals surface area (Å²) in [6.07, 6.45) is 0.726. The van der Waals surface area contributed by atoms with Crippen LogP contribution in [-0.2, 0) is 16.0 Å². The largest absolute Gasteiger partial charge is 0.399 e. The van der Waals surface area contributed by atoms with E-state index in [1.54, 1.807) is 0 Å². The Kier molecular flexibility index (Phi) is 6.22. The number of nitrogens with two attached hydrogens (primary N) is 1. The van der Waals surface area contributed by atoms with Crippen molar-refractivity contribution in [1.82, 2.24) is 5.32 Å². The molecule has 1 rings (SSSR count). The molecule has 100 valence electrons. The summed E-state index contributed by atoms with van der Waals surface area (Å²) >= 11 is 0. The Bertz CT molecular complexity index is 378. The van der Waals surface area contributed by atoms with Gasteiger partial charge < -0.3 is 15.8 Å². The van der Waals surface area contributed by atoms with Crippen molar-refractivity contribution in [3.63, 3.8) is 0 Å². The van der Waals surface area contributed by atoms with E-state index in [1.807, 2.05) is 24.3 Å². The molecule has 0 radical (unpaired) electrons. The highest BCUT2D eigenvalue weighted by atomic mass is 16.5. The van der Waals surface area contributed by atoms with Crippen molar-refractivity contribution in [3.8, 4) is 0 Å². The maximum Gasteiger partial charge on any atom is 0.246 e. The van der Waals surface area contributed by atoms with Crippen molar-refractivity contribution in [3.05, 3.63) is 29.8 Å². The molecular formula is C14H22N2O2. The smallest absolute Gasteiger partial charge is 0.246 e. The number of benzene rings is 1. The van der Waals surface area contributed by atoms with E-state index in [2.05, 4.69) is 19.2 Å². The van der Waals surface area contributed by atoms with E-state index >= 15 is 0 Å². The molecule has 0 aromatic heterocycles. The summed E-state index contributed by atoms with van der Waals surface area (Å²) in [4.78, 5) is 11.4. The first-order chi connectivity index (χ1) is 8.59. The second-order valence-electron chi connectivity index (χ2n) is 4.70. The topological polar surface area (TPSA) is 64.3 Å². The average Bonchev–Trinajstić information content (AvgIpc) is 2.34. The van der Waals surface area contributed by atoms with E-state index in [0.717, 1.165) is 17.7 Å². The zero-order valence-corrected chi connectivity index (χ0v) is 11.1. The highest BCUT2D eigenvalue weighted by Crippen LogP contribution is 2.10. The number of nitrogens with one attached hydrogen (secondary N) is 1. The lowest BCUT2D eigenvalue weighted by atomic mass is 10.1. The summed E-state index contributed by atoms with van der Waals surface area (Å²) in [6.45, 7) is 5.41. The molecule has 0 unspecified atom stereocenters. The molecule has 4 heteroatoms. The molecule has 18 heavy (non-hydrogen) atoms. The van der Waals surface area contributed by atoms with Crippen LogP contribution in [0.4, 0.5) is 5.69 Å². The van der Waals surface area contributed by atoms with Crippen LogP contribution in [0.1, 0.15) is 19.4 Å². The highest BCUT2D eigenvalue weighted by molar-refractivity contribution is 5.77. The number of ether oxygens (including phenoxy) is 1. The standard InChI is InChI=1S/C14H22N2O2/c1-11(2)9-16-14(17)10-18-8-7-12-5-3-4-6-13(12)15/h3-6,11H,7-10,15H2,1-2H3,(H,16,17). The molecule has 0 heterocycles. The summed E-state index contributed by atoms with van der Waals surface area (Å²) in [5.74, 6) is 0.391. The molecule has 0 saturated carbocycles. The Balaban J connectivity index is 2.15. The third-order valence-electron chi connectivity index (χ3n) is 2.51. The number of carbonyl (C=O) groups excluding carboxylic acids is 1. The predicted octanol–water partition coefficient (Wildman–Crippen LogP) is 1.60. The maximum atomic E-state index is 11.4. The van der Waals surface area contributed by atoms with Gasteiger partial charge in [0.05, 0.1) is 6.61 Å². The second-order valence-corrected chi connectivity index (χ2v) is 4.70. The molecule has 0 aliphatic rings. The molecule has 4 nitrogen and oxygen atoms in total. The predicted molar refractivity (Wildman–Crippen MR) is 73.2 cm³/mol. The van der Waals surface area contributed by atoms with Crippen LogP contribution in [0.25, 0.3) is 0 Å². The first-order valence-electron chi connectivity index (χ1n) is 6.27. The molecule has 0 atom stereocenters. The van der Waals surface area contributed by atoms with Crippen molar-refractivity contribution < 1.29 is 9.53 Å². The quantitative estimate of drug-likeness (QED) is 0.570. The number of anilines is 1. The molecular weight excluding hydrogens is 228 g/mol. The van der Waals surface area contributed by atoms with Gasteiger partial charge in [-0.3, -0.25) is 4.79 Å². The minimum Gasteiger partial charge on any atom is -0.399 e. The molecule has 1 amide bonds.